The molecule has 32 heavy (non-hydrogen) atoms. The van der Waals surface area contributed by atoms with E-state index in [2.05, 4.69) is 20.8 Å². The van der Waals surface area contributed by atoms with Crippen LogP contribution in [0.2, 0.25) is 5.02 Å². The quantitative estimate of drug-likeness (QED) is 0.608. The second-order valence-electron chi connectivity index (χ2n) is 8.74. The SMILES string of the molecule is CC(C)c1nnnn1-c1cc(C(=O)NC2(C)CCS(=O)(=O)C2)cc(-c2ccc(Cl)cc2)c1. The molecule has 1 N–H and O–H groups in total. The van der Waals surface area contributed by atoms with Gasteiger partial charge in [-0.25, -0.2) is 8.42 Å². The molecule has 1 atom stereocenters. The molecule has 1 unspecified atom stereocenters. The maximum atomic E-state index is 13.2. The lowest BCUT2D eigenvalue weighted by molar-refractivity contribution is 0.0915. The number of tetrazole rings is 1. The Kier molecular flexibility index (Phi) is 5.81. The molecular weight excluding hydrogens is 450 g/mol. The summed E-state index contributed by atoms with van der Waals surface area (Å²) in [4.78, 5) is 13.2. The molecule has 2 aromatic carbocycles. The minimum atomic E-state index is -3.15. The molecule has 168 valence electrons. The molecule has 3 aromatic rings. The van der Waals surface area contributed by atoms with Crippen molar-refractivity contribution in [1.29, 1.82) is 0 Å². The van der Waals surface area contributed by atoms with E-state index < -0.39 is 15.4 Å². The van der Waals surface area contributed by atoms with Crippen LogP contribution in [0.15, 0.2) is 42.5 Å². The van der Waals surface area contributed by atoms with E-state index in [1.807, 2.05) is 32.0 Å². The van der Waals surface area contributed by atoms with E-state index in [1.54, 1.807) is 35.9 Å². The fourth-order valence-corrected chi connectivity index (χ4v) is 6.09. The highest BCUT2D eigenvalue weighted by molar-refractivity contribution is 7.91. The summed E-state index contributed by atoms with van der Waals surface area (Å²) < 4.78 is 25.5. The van der Waals surface area contributed by atoms with Crippen molar-refractivity contribution in [1.82, 2.24) is 25.5 Å². The number of aromatic nitrogens is 4. The lowest BCUT2D eigenvalue weighted by atomic mass is 9.99. The van der Waals surface area contributed by atoms with E-state index >= 15 is 0 Å². The van der Waals surface area contributed by atoms with Crippen LogP contribution < -0.4 is 5.32 Å². The van der Waals surface area contributed by atoms with Crippen LogP contribution in [0.3, 0.4) is 0 Å². The smallest absolute Gasteiger partial charge is 0.251 e. The predicted molar refractivity (Wildman–Crippen MR) is 123 cm³/mol. The minimum Gasteiger partial charge on any atom is -0.346 e. The zero-order valence-electron chi connectivity index (χ0n) is 18.0. The number of rotatable bonds is 5. The van der Waals surface area contributed by atoms with Crippen molar-refractivity contribution >= 4 is 27.3 Å². The van der Waals surface area contributed by atoms with Crippen molar-refractivity contribution in [3.05, 3.63) is 58.9 Å². The minimum absolute atomic E-state index is 0.0695. The molecule has 1 aliphatic heterocycles. The Morgan fingerprint density at radius 3 is 2.50 bits per heavy atom. The van der Waals surface area contributed by atoms with Crippen LogP contribution in [0.4, 0.5) is 0 Å². The summed E-state index contributed by atoms with van der Waals surface area (Å²) in [5.41, 5.74) is 1.89. The molecule has 0 saturated carbocycles. The Morgan fingerprint density at radius 2 is 1.88 bits per heavy atom. The van der Waals surface area contributed by atoms with Gasteiger partial charge >= 0.3 is 0 Å². The second-order valence-corrected chi connectivity index (χ2v) is 11.4. The van der Waals surface area contributed by atoms with Crippen LogP contribution in [0, 0.1) is 0 Å². The Morgan fingerprint density at radius 1 is 1.16 bits per heavy atom. The fourth-order valence-electron chi connectivity index (χ4n) is 3.87. The molecule has 1 aromatic heterocycles. The molecule has 0 spiro atoms. The molecule has 0 aliphatic carbocycles. The van der Waals surface area contributed by atoms with E-state index in [9.17, 15) is 13.2 Å². The van der Waals surface area contributed by atoms with Gasteiger partial charge in [-0.3, -0.25) is 4.79 Å². The Labute approximate surface area is 191 Å². The number of benzene rings is 2. The first-order chi connectivity index (χ1) is 15.1. The van der Waals surface area contributed by atoms with E-state index in [0.29, 0.717) is 28.5 Å². The number of halogens is 1. The third kappa shape index (κ3) is 4.68. The number of hydrogen-bond donors (Lipinski definition) is 1. The van der Waals surface area contributed by atoms with Crippen LogP contribution in [0.1, 0.15) is 49.3 Å². The van der Waals surface area contributed by atoms with Gasteiger partial charge in [0.1, 0.15) is 0 Å². The molecule has 0 radical (unpaired) electrons. The predicted octanol–water partition coefficient (Wildman–Crippen LogP) is 3.41. The zero-order chi connectivity index (χ0) is 23.1. The van der Waals surface area contributed by atoms with Gasteiger partial charge in [-0.05, 0) is 65.2 Å². The summed E-state index contributed by atoms with van der Waals surface area (Å²) in [6.07, 6.45) is 0.384. The average Bonchev–Trinajstić information content (AvgIpc) is 3.32. The number of nitrogens with one attached hydrogen (secondary N) is 1. The molecule has 1 amide bonds. The van der Waals surface area contributed by atoms with Crippen LogP contribution in [0.5, 0.6) is 0 Å². The number of amides is 1. The van der Waals surface area contributed by atoms with Gasteiger partial charge in [0.25, 0.3) is 5.91 Å². The lowest BCUT2D eigenvalue weighted by Gasteiger charge is -2.24. The first-order valence-corrected chi connectivity index (χ1v) is 12.5. The zero-order valence-corrected chi connectivity index (χ0v) is 19.6. The highest BCUT2D eigenvalue weighted by Gasteiger charge is 2.39. The van der Waals surface area contributed by atoms with Crippen molar-refractivity contribution in [2.75, 3.05) is 11.5 Å². The van der Waals surface area contributed by atoms with E-state index in [0.717, 1.165) is 11.1 Å². The van der Waals surface area contributed by atoms with Gasteiger partial charge in [0.2, 0.25) is 0 Å². The van der Waals surface area contributed by atoms with Gasteiger partial charge in [-0.15, -0.1) is 5.10 Å². The van der Waals surface area contributed by atoms with Crippen molar-refractivity contribution in [2.45, 2.75) is 38.6 Å². The van der Waals surface area contributed by atoms with Crippen molar-refractivity contribution in [3.8, 4) is 16.8 Å². The van der Waals surface area contributed by atoms with Gasteiger partial charge in [0.05, 0.1) is 22.7 Å². The first kappa shape index (κ1) is 22.4. The number of carbonyl (C=O) groups excluding carboxylic acids is 1. The van der Waals surface area contributed by atoms with E-state index in [4.69, 9.17) is 11.6 Å². The molecule has 0 bridgehead atoms. The molecule has 1 saturated heterocycles. The molecule has 1 fully saturated rings. The Bertz CT molecular complexity index is 1270. The largest absolute Gasteiger partial charge is 0.346 e. The summed E-state index contributed by atoms with van der Waals surface area (Å²) in [6.45, 7) is 5.73. The number of carbonyl (C=O) groups is 1. The summed E-state index contributed by atoms with van der Waals surface area (Å²) in [7, 11) is -3.15. The highest BCUT2D eigenvalue weighted by Crippen LogP contribution is 2.28. The maximum Gasteiger partial charge on any atom is 0.251 e. The second kappa shape index (κ2) is 8.29. The van der Waals surface area contributed by atoms with Gasteiger partial charge in [-0.1, -0.05) is 37.6 Å². The van der Waals surface area contributed by atoms with Crippen LogP contribution in [0.25, 0.3) is 16.8 Å². The first-order valence-electron chi connectivity index (χ1n) is 10.3. The van der Waals surface area contributed by atoms with Gasteiger partial charge in [0.15, 0.2) is 15.7 Å². The van der Waals surface area contributed by atoms with Gasteiger partial charge in [-0.2, -0.15) is 4.68 Å². The van der Waals surface area contributed by atoms with Crippen LogP contribution in [-0.4, -0.2) is 51.6 Å². The van der Waals surface area contributed by atoms with Gasteiger partial charge < -0.3 is 5.32 Å². The highest BCUT2D eigenvalue weighted by atomic mass is 35.5. The molecule has 2 heterocycles. The molecule has 4 rings (SSSR count). The number of nitrogens with zero attached hydrogens (tertiary/aromatic N) is 4. The molecule has 8 nitrogen and oxygen atoms in total. The number of hydrogen-bond acceptors (Lipinski definition) is 6. The summed E-state index contributed by atoms with van der Waals surface area (Å²) >= 11 is 6.04. The maximum absolute atomic E-state index is 13.2. The van der Waals surface area contributed by atoms with Crippen molar-refractivity contribution < 1.29 is 13.2 Å². The lowest BCUT2D eigenvalue weighted by Crippen LogP contribution is -2.46. The fraction of sp³-hybridized carbons (Fsp3) is 0.364. The van der Waals surface area contributed by atoms with Crippen LogP contribution >= 0.6 is 11.6 Å². The normalized spacial score (nSPS) is 19.9. The van der Waals surface area contributed by atoms with Gasteiger partial charge in [0, 0.05) is 16.5 Å². The molecule has 10 heteroatoms. The summed E-state index contributed by atoms with van der Waals surface area (Å²) in [5.74, 6) is 0.394. The Hall–Kier alpha value is -2.78. The summed E-state index contributed by atoms with van der Waals surface area (Å²) in [5, 5.41) is 15.6. The Balaban J connectivity index is 1.77. The van der Waals surface area contributed by atoms with Crippen molar-refractivity contribution in [2.24, 2.45) is 0 Å². The topological polar surface area (TPSA) is 107 Å². The van der Waals surface area contributed by atoms with E-state index in [1.165, 1.54) is 0 Å². The molecular formula is C22H24ClN5O3S. The summed E-state index contributed by atoms with van der Waals surface area (Å²) in [6, 6.07) is 12.7. The van der Waals surface area contributed by atoms with E-state index in [-0.39, 0.29) is 23.3 Å². The van der Waals surface area contributed by atoms with Crippen LogP contribution in [-0.2, 0) is 9.84 Å². The number of sulfone groups is 1. The standard InChI is InChI=1S/C22H24ClN5O3S/c1-14(2)20-25-26-27-28(20)19-11-16(15-4-6-18(23)7-5-15)10-17(12-19)21(29)24-22(3)8-9-32(30,31)13-22/h4-7,10-12,14H,8-9,13H2,1-3H3,(H,24,29). The average molecular weight is 474 g/mol. The third-order valence-electron chi connectivity index (χ3n) is 5.53. The monoisotopic (exact) mass is 473 g/mol. The third-order valence-corrected chi connectivity index (χ3v) is 7.69. The van der Waals surface area contributed by atoms with Crippen molar-refractivity contribution in [3.63, 3.8) is 0 Å². The molecule has 1 aliphatic rings.